The maximum atomic E-state index is 5.73. The molecule has 0 bridgehead atoms. The first-order chi connectivity index (χ1) is 10.7. The molecular weight excluding hydrogens is 327 g/mol. The van der Waals surface area contributed by atoms with E-state index < -0.39 is 0 Å². The lowest BCUT2D eigenvalue weighted by Gasteiger charge is -2.09. The third kappa shape index (κ3) is 3.60. The van der Waals surface area contributed by atoms with Crippen molar-refractivity contribution < 1.29 is 9.47 Å². The van der Waals surface area contributed by atoms with E-state index in [1.54, 1.807) is 24.3 Å². The molecule has 8 heteroatoms. The van der Waals surface area contributed by atoms with E-state index in [0.717, 1.165) is 0 Å². The average molecular weight is 335 g/mol. The molecule has 0 radical (unpaired) electrons. The molecule has 0 aliphatic rings. The van der Waals surface area contributed by atoms with E-state index in [9.17, 15) is 0 Å². The fourth-order valence-corrected chi connectivity index (χ4v) is 1.72. The highest BCUT2D eigenvalue weighted by atomic mass is 35.5. The van der Waals surface area contributed by atoms with Crippen LogP contribution in [0, 0.1) is 0 Å². The molecule has 110 valence electrons. The lowest BCUT2D eigenvalue weighted by Crippen LogP contribution is -1.95. The van der Waals surface area contributed by atoms with Gasteiger partial charge < -0.3 is 9.47 Å². The van der Waals surface area contributed by atoms with Gasteiger partial charge in [-0.3, -0.25) is 0 Å². The topological polar surface area (TPSA) is 70.0 Å². The van der Waals surface area contributed by atoms with E-state index in [4.69, 9.17) is 32.7 Å². The van der Waals surface area contributed by atoms with Gasteiger partial charge in [0.1, 0.15) is 0 Å². The van der Waals surface area contributed by atoms with Crippen molar-refractivity contribution in [2.45, 2.75) is 0 Å². The van der Waals surface area contributed by atoms with Crippen molar-refractivity contribution in [3.05, 3.63) is 59.1 Å². The van der Waals surface area contributed by atoms with Crippen LogP contribution in [0.4, 0.5) is 0 Å². The summed E-state index contributed by atoms with van der Waals surface area (Å²) in [6.45, 7) is 0. The number of nitrogens with zero attached hydrogens (tertiary/aromatic N) is 4. The Balaban J connectivity index is 1.83. The Kier molecular flexibility index (Phi) is 4.32. The zero-order valence-electron chi connectivity index (χ0n) is 11.0. The average Bonchev–Trinajstić information content (AvgIpc) is 2.54. The number of hydrogen-bond donors (Lipinski definition) is 0. The molecule has 0 fully saturated rings. The second-order valence-electron chi connectivity index (χ2n) is 4.02. The lowest BCUT2D eigenvalue weighted by molar-refractivity contribution is 0.384. The number of para-hydroxylation sites is 2. The molecule has 22 heavy (non-hydrogen) atoms. The highest BCUT2D eigenvalue weighted by Crippen LogP contribution is 2.32. The summed E-state index contributed by atoms with van der Waals surface area (Å²) in [4.78, 5) is 15.9. The van der Waals surface area contributed by atoms with E-state index in [1.165, 1.54) is 24.8 Å². The van der Waals surface area contributed by atoms with Gasteiger partial charge in [0, 0.05) is 0 Å². The first-order valence-electron chi connectivity index (χ1n) is 6.10. The first kappa shape index (κ1) is 14.5. The third-order valence-electron chi connectivity index (χ3n) is 2.44. The maximum absolute atomic E-state index is 5.73. The Labute approximate surface area is 135 Å². The van der Waals surface area contributed by atoms with Crippen LogP contribution in [0.1, 0.15) is 0 Å². The smallest absolute Gasteiger partial charge is 0.322 e. The highest BCUT2D eigenvalue weighted by Gasteiger charge is 2.10. The molecular formula is C14H8Cl2N4O2. The molecule has 0 aliphatic carbocycles. The fourth-order valence-electron chi connectivity index (χ4n) is 1.52. The van der Waals surface area contributed by atoms with Crippen LogP contribution in [0.3, 0.4) is 0 Å². The zero-order valence-corrected chi connectivity index (χ0v) is 12.5. The van der Waals surface area contributed by atoms with Crippen LogP contribution < -0.4 is 9.47 Å². The Morgan fingerprint density at radius 2 is 1.00 bits per heavy atom. The lowest BCUT2D eigenvalue weighted by atomic mass is 10.3. The second kappa shape index (κ2) is 6.55. The van der Waals surface area contributed by atoms with Gasteiger partial charge in [0.2, 0.25) is 0 Å². The summed E-state index contributed by atoms with van der Waals surface area (Å²) in [7, 11) is 0. The highest BCUT2D eigenvalue weighted by molar-refractivity contribution is 6.30. The van der Waals surface area contributed by atoms with Gasteiger partial charge in [-0.1, -0.05) is 35.3 Å². The summed E-state index contributed by atoms with van der Waals surface area (Å²) in [5, 5.41) is 0.845. The molecule has 3 rings (SSSR count). The molecule has 1 aromatic carbocycles. The third-order valence-corrected chi connectivity index (χ3v) is 2.84. The minimum Gasteiger partial charge on any atom is -0.420 e. The normalized spacial score (nSPS) is 10.3. The van der Waals surface area contributed by atoms with E-state index in [0.29, 0.717) is 21.5 Å². The molecule has 0 saturated heterocycles. The maximum Gasteiger partial charge on any atom is 0.322 e. The molecule has 0 aliphatic heterocycles. The monoisotopic (exact) mass is 334 g/mol. The summed E-state index contributed by atoms with van der Waals surface area (Å²) in [6, 6.07) is 7.31. The van der Waals surface area contributed by atoms with Crippen LogP contribution in [0.5, 0.6) is 23.5 Å². The number of hydrogen-bond acceptors (Lipinski definition) is 6. The van der Waals surface area contributed by atoms with Crippen molar-refractivity contribution in [3.8, 4) is 23.5 Å². The van der Waals surface area contributed by atoms with Gasteiger partial charge in [-0.2, -0.15) is 0 Å². The van der Waals surface area contributed by atoms with Crippen molar-refractivity contribution in [2.24, 2.45) is 0 Å². The van der Waals surface area contributed by atoms with Crippen molar-refractivity contribution in [2.75, 3.05) is 0 Å². The molecule has 2 heterocycles. The molecule has 3 aromatic rings. The largest absolute Gasteiger partial charge is 0.420 e. The molecule has 0 spiro atoms. The van der Waals surface area contributed by atoms with Crippen LogP contribution >= 0.6 is 23.2 Å². The van der Waals surface area contributed by atoms with Crippen molar-refractivity contribution in [3.63, 3.8) is 0 Å². The number of halogens is 2. The van der Waals surface area contributed by atoms with Crippen LogP contribution in [0.2, 0.25) is 10.0 Å². The minimum atomic E-state index is 0.150. The summed E-state index contributed by atoms with van der Waals surface area (Å²) in [5.41, 5.74) is 0. The minimum absolute atomic E-state index is 0.150. The van der Waals surface area contributed by atoms with Gasteiger partial charge in [-0.05, 0) is 12.1 Å². The molecule has 0 amide bonds. The predicted octanol–water partition coefficient (Wildman–Crippen LogP) is 4.16. The molecule has 0 unspecified atom stereocenters. The second-order valence-corrected chi connectivity index (χ2v) is 4.89. The van der Waals surface area contributed by atoms with Crippen LogP contribution in [-0.4, -0.2) is 19.9 Å². The van der Waals surface area contributed by atoms with Gasteiger partial charge in [0.25, 0.3) is 0 Å². The summed E-state index contributed by atoms with van der Waals surface area (Å²) < 4.78 is 11.1. The Bertz CT molecular complexity index is 700. The standard InChI is InChI=1S/C14H8Cl2N4O2/c15-9-5-17-13(18-6-9)21-11-3-1-2-4-12(11)22-14-19-7-10(16)8-20-14/h1-8H. The van der Waals surface area contributed by atoms with Gasteiger partial charge in [0.05, 0.1) is 34.8 Å². The number of aromatic nitrogens is 4. The quantitative estimate of drug-likeness (QED) is 0.713. The summed E-state index contributed by atoms with van der Waals surface area (Å²) in [5.74, 6) is 0.840. The molecule has 0 N–H and O–H groups in total. The zero-order chi connectivity index (χ0) is 15.4. The Morgan fingerprint density at radius 3 is 1.36 bits per heavy atom. The van der Waals surface area contributed by atoms with Crippen molar-refractivity contribution in [1.29, 1.82) is 0 Å². The van der Waals surface area contributed by atoms with Gasteiger partial charge in [-0.15, -0.1) is 0 Å². The Hall–Kier alpha value is -2.44. The Morgan fingerprint density at radius 1 is 0.636 bits per heavy atom. The van der Waals surface area contributed by atoms with E-state index in [1.807, 2.05) is 0 Å². The first-order valence-corrected chi connectivity index (χ1v) is 6.86. The van der Waals surface area contributed by atoms with Crippen molar-refractivity contribution >= 4 is 23.2 Å². The van der Waals surface area contributed by atoms with E-state index in [2.05, 4.69) is 19.9 Å². The number of ether oxygens (including phenoxy) is 2. The van der Waals surface area contributed by atoms with Crippen molar-refractivity contribution in [1.82, 2.24) is 19.9 Å². The molecule has 0 saturated carbocycles. The predicted molar refractivity (Wildman–Crippen MR) is 80.7 cm³/mol. The fraction of sp³-hybridized carbons (Fsp3) is 0. The summed E-state index contributed by atoms with van der Waals surface area (Å²) >= 11 is 11.5. The van der Waals surface area contributed by atoms with E-state index in [-0.39, 0.29) is 12.0 Å². The van der Waals surface area contributed by atoms with Gasteiger partial charge in [-0.25, -0.2) is 19.9 Å². The summed E-state index contributed by atoms with van der Waals surface area (Å²) in [6.07, 6.45) is 5.76. The van der Waals surface area contributed by atoms with Gasteiger partial charge >= 0.3 is 12.0 Å². The molecule has 6 nitrogen and oxygen atoms in total. The number of benzene rings is 1. The SMILES string of the molecule is Clc1cnc(Oc2ccccc2Oc2ncc(Cl)cn2)nc1. The van der Waals surface area contributed by atoms with Crippen LogP contribution in [-0.2, 0) is 0 Å². The molecule has 0 atom stereocenters. The van der Waals surface area contributed by atoms with Crippen LogP contribution in [0.25, 0.3) is 0 Å². The van der Waals surface area contributed by atoms with E-state index >= 15 is 0 Å². The number of rotatable bonds is 4. The van der Waals surface area contributed by atoms with Crippen LogP contribution in [0.15, 0.2) is 49.1 Å². The van der Waals surface area contributed by atoms with Gasteiger partial charge in [0.15, 0.2) is 11.5 Å². The molecule has 2 aromatic heterocycles.